The van der Waals surface area contributed by atoms with E-state index in [0.717, 1.165) is 68.5 Å². The van der Waals surface area contributed by atoms with E-state index in [4.69, 9.17) is 16.3 Å². The first-order valence-electron chi connectivity index (χ1n) is 17.5. The number of halogens is 1. The number of allylic oxidation sites excluding steroid dienone is 2. The second-order valence-corrected chi connectivity index (χ2v) is 16.5. The Morgan fingerprint density at radius 3 is 2.74 bits per heavy atom. The van der Waals surface area contributed by atoms with E-state index in [-0.39, 0.29) is 23.2 Å². The van der Waals surface area contributed by atoms with Crippen LogP contribution in [0.1, 0.15) is 92.6 Å². The summed E-state index contributed by atoms with van der Waals surface area (Å²) in [5, 5.41) is 11.2. The number of fused-ring (bicyclic) bond motifs is 3. The number of benzene rings is 2. The van der Waals surface area contributed by atoms with E-state index in [9.17, 15) is 18.3 Å². The van der Waals surface area contributed by atoms with E-state index in [2.05, 4.69) is 41.3 Å². The van der Waals surface area contributed by atoms with Crippen molar-refractivity contribution < 1.29 is 23.1 Å². The van der Waals surface area contributed by atoms with E-state index < -0.39 is 27.3 Å². The van der Waals surface area contributed by atoms with Gasteiger partial charge in [0, 0.05) is 29.1 Å². The summed E-state index contributed by atoms with van der Waals surface area (Å²) in [5.74, 6) is 0.587. The maximum absolute atomic E-state index is 13.6. The average Bonchev–Trinajstić information content (AvgIpc) is 3.87. The molecule has 0 bridgehead atoms. The highest BCUT2D eigenvalue weighted by molar-refractivity contribution is 7.90. The van der Waals surface area contributed by atoms with Gasteiger partial charge in [0.1, 0.15) is 5.75 Å². The number of carbonyl (C=O) groups excluding carboxylic acids is 1. The van der Waals surface area contributed by atoms with Crippen LogP contribution in [-0.4, -0.2) is 50.5 Å². The minimum atomic E-state index is -3.86. The molecule has 1 heterocycles. The van der Waals surface area contributed by atoms with E-state index in [1.54, 1.807) is 18.2 Å². The summed E-state index contributed by atoms with van der Waals surface area (Å²) in [6.07, 6.45) is 15.0. The lowest BCUT2D eigenvalue weighted by Crippen LogP contribution is -2.49. The fourth-order valence-electron chi connectivity index (χ4n) is 8.01. The van der Waals surface area contributed by atoms with Crippen LogP contribution in [-0.2, 0) is 21.9 Å². The van der Waals surface area contributed by atoms with E-state index >= 15 is 0 Å². The molecule has 0 saturated heterocycles. The number of carbonyl (C=O) groups is 1. The van der Waals surface area contributed by atoms with Crippen LogP contribution in [0.5, 0.6) is 5.75 Å². The van der Waals surface area contributed by atoms with Gasteiger partial charge >= 0.3 is 0 Å². The van der Waals surface area contributed by atoms with Gasteiger partial charge in [-0.1, -0.05) is 49.2 Å². The molecule has 2 aromatic rings. The van der Waals surface area contributed by atoms with E-state index in [0.29, 0.717) is 43.9 Å². The first-order valence-corrected chi connectivity index (χ1v) is 19.4. The Labute approximate surface area is 285 Å². The van der Waals surface area contributed by atoms with Gasteiger partial charge in [-0.15, -0.1) is 6.58 Å². The van der Waals surface area contributed by atoms with E-state index in [1.807, 2.05) is 18.2 Å². The number of sulfonamides is 1. The number of anilines is 1. The Balaban J connectivity index is 1.30. The molecule has 7 nitrogen and oxygen atoms in total. The molecule has 0 unspecified atom stereocenters. The highest BCUT2D eigenvalue weighted by Crippen LogP contribution is 2.47. The van der Waals surface area contributed by atoms with Crippen LogP contribution in [0.25, 0.3) is 0 Å². The molecule has 0 aromatic heterocycles. The second kappa shape index (κ2) is 14.4. The summed E-state index contributed by atoms with van der Waals surface area (Å²) in [6.45, 7) is 7.77. The van der Waals surface area contributed by atoms with Gasteiger partial charge < -0.3 is 14.7 Å². The molecule has 2 saturated carbocycles. The first-order chi connectivity index (χ1) is 22.6. The molecule has 9 heteroatoms. The number of aryl methyl sites for hydroxylation is 1. The van der Waals surface area contributed by atoms with Gasteiger partial charge in [-0.2, -0.15) is 0 Å². The number of nitrogens with zero attached hydrogens (tertiary/aromatic N) is 1. The SMILES string of the molecule is C=CCC[C@@H](C1CC1)S(=O)(=O)NC(=O)c1ccc2c(c1)N(C[C@@H]1CC[C@H]1[C@@H](O)/C=C/CCC)C[C@@]1(CCCc3cc(Cl)ccc31)CO2. The van der Waals surface area contributed by atoms with Crippen LogP contribution in [0.3, 0.4) is 0 Å². The van der Waals surface area contributed by atoms with Crippen molar-refractivity contribution in [1.82, 2.24) is 4.72 Å². The van der Waals surface area contributed by atoms with Crippen LogP contribution in [0.4, 0.5) is 5.69 Å². The summed E-state index contributed by atoms with van der Waals surface area (Å²) >= 11 is 6.43. The molecule has 1 aliphatic heterocycles. The minimum Gasteiger partial charge on any atom is -0.490 e. The zero-order valence-corrected chi connectivity index (χ0v) is 29.1. The molecular formula is C38H49ClN2O5S. The summed E-state index contributed by atoms with van der Waals surface area (Å²) in [4.78, 5) is 15.9. The zero-order valence-electron chi connectivity index (χ0n) is 27.5. The minimum absolute atomic E-state index is 0.0863. The molecule has 47 heavy (non-hydrogen) atoms. The molecule has 3 aliphatic carbocycles. The Morgan fingerprint density at radius 1 is 1.19 bits per heavy atom. The van der Waals surface area contributed by atoms with Crippen molar-refractivity contribution in [2.45, 2.75) is 94.3 Å². The van der Waals surface area contributed by atoms with Crippen LogP contribution in [0, 0.1) is 17.8 Å². The Bertz CT molecular complexity index is 1600. The largest absolute Gasteiger partial charge is 0.490 e. The highest BCUT2D eigenvalue weighted by Gasteiger charge is 2.45. The molecule has 2 fully saturated rings. The fraction of sp³-hybridized carbons (Fsp3) is 0.553. The van der Waals surface area contributed by atoms with Crippen LogP contribution < -0.4 is 14.4 Å². The van der Waals surface area contributed by atoms with Crippen molar-refractivity contribution in [3.8, 4) is 5.75 Å². The lowest BCUT2D eigenvalue weighted by Gasteiger charge is -2.45. The number of rotatable bonds is 13. The van der Waals surface area contributed by atoms with Crippen LogP contribution >= 0.6 is 11.6 Å². The van der Waals surface area contributed by atoms with Gasteiger partial charge in [0.15, 0.2) is 0 Å². The number of aliphatic hydroxyl groups is 1. The summed E-state index contributed by atoms with van der Waals surface area (Å²) in [6, 6.07) is 11.5. The van der Waals surface area contributed by atoms with Crippen molar-refractivity contribution in [3.05, 3.63) is 82.9 Å². The molecule has 2 N–H and O–H groups in total. The average molecular weight is 681 g/mol. The lowest BCUT2D eigenvalue weighted by atomic mass is 9.68. The van der Waals surface area contributed by atoms with Crippen LogP contribution in [0.15, 0.2) is 61.2 Å². The maximum atomic E-state index is 13.6. The monoisotopic (exact) mass is 680 g/mol. The zero-order chi connectivity index (χ0) is 33.2. The van der Waals surface area contributed by atoms with Crippen molar-refractivity contribution >= 4 is 33.2 Å². The molecule has 6 rings (SSSR count). The second-order valence-electron chi connectivity index (χ2n) is 14.2. The number of ether oxygens (including phenoxy) is 1. The van der Waals surface area contributed by atoms with Crippen molar-refractivity contribution in [3.63, 3.8) is 0 Å². The lowest BCUT2D eigenvalue weighted by molar-refractivity contribution is 0.0456. The third kappa shape index (κ3) is 7.45. The predicted octanol–water partition coefficient (Wildman–Crippen LogP) is 7.36. The van der Waals surface area contributed by atoms with Crippen LogP contribution in [0.2, 0.25) is 5.02 Å². The van der Waals surface area contributed by atoms with Crippen molar-refractivity contribution in [1.29, 1.82) is 0 Å². The van der Waals surface area contributed by atoms with Gasteiger partial charge in [0.05, 0.1) is 23.6 Å². The number of hydrogen-bond donors (Lipinski definition) is 2. The van der Waals surface area contributed by atoms with Gasteiger partial charge in [-0.3, -0.25) is 4.79 Å². The maximum Gasteiger partial charge on any atom is 0.264 e. The highest BCUT2D eigenvalue weighted by atomic mass is 35.5. The molecule has 0 radical (unpaired) electrons. The molecule has 2 aromatic carbocycles. The number of aliphatic hydroxyl groups excluding tert-OH is 1. The molecule has 1 spiro atoms. The Hall–Kier alpha value is -2.81. The Morgan fingerprint density at radius 2 is 2.02 bits per heavy atom. The summed E-state index contributed by atoms with van der Waals surface area (Å²) in [7, 11) is -3.86. The molecule has 1 amide bonds. The van der Waals surface area contributed by atoms with Gasteiger partial charge in [-0.05, 0) is 123 Å². The van der Waals surface area contributed by atoms with Crippen molar-refractivity contribution in [2.75, 3.05) is 24.6 Å². The number of amides is 1. The van der Waals surface area contributed by atoms with Gasteiger partial charge in [0.2, 0.25) is 10.0 Å². The van der Waals surface area contributed by atoms with E-state index in [1.165, 1.54) is 11.1 Å². The Kier molecular flexibility index (Phi) is 10.4. The first kappa shape index (κ1) is 34.1. The quantitative estimate of drug-likeness (QED) is 0.215. The number of hydrogen-bond acceptors (Lipinski definition) is 6. The smallest absolute Gasteiger partial charge is 0.264 e. The third-order valence-corrected chi connectivity index (χ3v) is 13.0. The topological polar surface area (TPSA) is 95.9 Å². The molecule has 4 aliphatic rings. The third-order valence-electron chi connectivity index (χ3n) is 10.9. The molecule has 5 atom stereocenters. The van der Waals surface area contributed by atoms with Gasteiger partial charge in [0.25, 0.3) is 5.91 Å². The molecule has 254 valence electrons. The normalized spacial score (nSPS) is 25.2. The predicted molar refractivity (Wildman–Crippen MR) is 189 cm³/mol. The van der Waals surface area contributed by atoms with Crippen molar-refractivity contribution in [2.24, 2.45) is 17.8 Å². The summed E-state index contributed by atoms with van der Waals surface area (Å²) < 4.78 is 35.8. The van der Waals surface area contributed by atoms with Gasteiger partial charge in [-0.25, -0.2) is 13.1 Å². The summed E-state index contributed by atoms with van der Waals surface area (Å²) in [5.41, 5.74) is 3.32. The number of unbranched alkanes of at least 4 members (excludes halogenated alkanes) is 1. The fourth-order valence-corrected chi connectivity index (χ4v) is 9.96. The number of nitrogens with one attached hydrogen (secondary N) is 1. The molecular weight excluding hydrogens is 632 g/mol. The standard InChI is InChI=1S/C38H49ClN2O5S/c1-3-5-7-10-34(42)31-17-14-29(31)23-41-24-38(20-8-9-27-21-30(39)16-18-32(27)38)25-46-35-19-15-28(22-33(35)41)37(43)40-47(44,45)36(11-6-4-2)26-12-13-26/h4,7,10,15-16,18-19,21-22,26,29,31,34,36,42H,2-3,5-6,8-9,11-14,17,20,23-25H2,1H3,(H,40,43)/b10-7+/t29-,31+,34-,36-,38-/m0/s1.